The molecule has 2 aliphatic heterocycles. The van der Waals surface area contributed by atoms with Crippen molar-refractivity contribution in [2.24, 2.45) is 4.99 Å². The Labute approximate surface area is 173 Å². The topological polar surface area (TPSA) is 117 Å². The van der Waals surface area contributed by atoms with Crippen LogP contribution < -0.4 is 19.7 Å². The minimum absolute atomic E-state index is 0.0164. The molecule has 0 unspecified atom stereocenters. The number of carbonyl (C=O) groups excluding carboxylic acids is 2. The number of hydrogen-bond acceptors (Lipinski definition) is 6. The van der Waals surface area contributed by atoms with Crippen LogP contribution in [0, 0.1) is 0 Å². The fourth-order valence-corrected chi connectivity index (χ4v) is 4.38. The van der Waals surface area contributed by atoms with E-state index in [9.17, 15) is 18.0 Å². The van der Waals surface area contributed by atoms with Gasteiger partial charge in [0.15, 0.2) is 6.61 Å². The van der Waals surface area contributed by atoms with Gasteiger partial charge in [0.25, 0.3) is 15.9 Å². The summed E-state index contributed by atoms with van der Waals surface area (Å²) >= 11 is 0. The first-order valence-corrected chi connectivity index (χ1v) is 10.9. The van der Waals surface area contributed by atoms with Crippen molar-refractivity contribution < 1.29 is 22.7 Å². The summed E-state index contributed by atoms with van der Waals surface area (Å²) in [6, 6.07) is 12.9. The van der Waals surface area contributed by atoms with Crippen molar-refractivity contribution in [3.8, 4) is 5.75 Å². The van der Waals surface area contributed by atoms with Crippen molar-refractivity contribution in [3.05, 3.63) is 48.5 Å². The van der Waals surface area contributed by atoms with Crippen LogP contribution in [0.2, 0.25) is 0 Å². The smallest absolute Gasteiger partial charge is 0.265 e. The van der Waals surface area contributed by atoms with Crippen LogP contribution in [-0.2, 0) is 19.6 Å². The van der Waals surface area contributed by atoms with Crippen LogP contribution in [0.4, 0.5) is 11.4 Å². The molecule has 0 aliphatic carbocycles. The number of aliphatic imine (C=N–C) groups is 1. The summed E-state index contributed by atoms with van der Waals surface area (Å²) in [7, 11) is -3.79. The first-order valence-electron chi connectivity index (χ1n) is 9.41. The summed E-state index contributed by atoms with van der Waals surface area (Å²) in [4.78, 5) is 30.2. The first kappa shape index (κ1) is 19.9. The van der Waals surface area contributed by atoms with Gasteiger partial charge in [0.1, 0.15) is 18.1 Å². The Balaban J connectivity index is 1.47. The summed E-state index contributed by atoms with van der Waals surface area (Å²) in [5.41, 5.74) is 0.826. The molecule has 0 aromatic heterocycles. The maximum atomic E-state index is 12.6. The summed E-state index contributed by atoms with van der Waals surface area (Å²) in [5, 5.41) is 2.65. The molecule has 2 aliphatic rings. The molecule has 4 rings (SSSR count). The minimum Gasteiger partial charge on any atom is -0.482 e. The lowest BCUT2D eigenvalue weighted by molar-refractivity contribution is -0.123. The summed E-state index contributed by atoms with van der Waals surface area (Å²) in [5.74, 6) is 0.178. The zero-order valence-corrected chi connectivity index (χ0v) is 16.8. The zero-order chi connectivity index (χ0) is 21.1. The van der Waals surface area contributed by atoms with Gasteiger partial charge < -0.3 is 10.1 Å². The number of anilines is 2. The number of carbonyl (C=O) groups is 2. The number of amidine groups is 1. The molecule has 0 spiro atoms. The van der Waals surface area contributed by atoms with Gasteiger partial charge in [0.2, 0.25) is 5.91 Å². The highest BCUT2D eigenvalue weighted by Crippen LogP contribution is 2.31. The number of fused-ring (bicyclic) bond motifs is 1. The highest BCUT2D eigenvalue weighted by atomic mass is 32.2. The normalized spacial score (nSPS) is 15.8. The number of sulfonamides is 1. The highest BCUT2D eigenvalue weighted by molar-refractivity contribution is 7.90. The van der Waals surface area contributed by atoms with E-state index in [-0.39, 0.29) is 24.0 Å². The van der Waals surface area contributed by atoms with E-state index in [2.05, 4.69) is 15.0 Å². The lowest BCUT2D eigenvalue weighted by Crippen LogP contribution is -2.43. The molecule has 2 amide bonds. The van der Waals surface area contributed by atoms with Crippen molar-refractivity contribution in [1.82, 2.24) is 4.72 Å². The molecule has 0 bridgehead atoms. The summed E-state index contributed by atoms with van der Waals surface area (Å²) < 4.78 is 32.9. The van der Waals surface area contributed by atoms with E-state index >= 15 is 0 Å². The van der Waals surface area contributed by atoms with Gasteiger partial charge in [0.05, 0.1) is 10.6 Å². The van der Waals surface area contributed by atoms with E-state index in [4.69, 9.17) is 4.74 Å². The van der Waals surface area contributed by atoms with Gasteiger partial charge in [-0.2, -0.15) is 0 Å². The molecule has 0 fully saturated rings. The monoisotopic (exact) mass is 428 g/mol. The van der Waals surface area contributed by atoms with Crippen molar-refractivity contribution in [3.63, 3.8) is 0 Å². The standard InChI is InChI=1S/C20H20N4O5S/c25-19(12-24-16-7-1-2-8-17(16)29-13-20(24)26)22-14-5-3-6-15(11-14)30(27,28)23-18-9-4-10-21-18/h1-3,5-8,11H,4,9-10,12-13H2,(H,21,23)(H,22,25). The average molecular weight is 428 g/mol. The van der Waals surface area contributed by atoms with Crippen LogP contribution in [0.15, 0.2) is 58.4 Å². The predicted molar refractivity (Wildman–Crippen MR) is 111 cm³/mol. The van der Waals surface area contributed by atoms with E-state index in [1.54, 1.807) is 30.3 Å². The number of benzene rings is 2. The Kier molecular flexibility index (Phi) is 5.40. The fourth-order valence-electron chi connectivity index (χ4n) is 3.25. The maximum absolute atomic E-state index is 12.6. The highest BCUT2D eigenvalue weighted by Gasteiger charge is 2.27. The molecule has 0 radical (unpaired) electrons. The van der Waals surface area contributed by atoms with Gasteiger partial charge >= 0.3 is 0 Å². The van der Waals surface area contributed by atoms with E-state index < -0.39 is 15.9 Å². The molecule has 2 aromatic carbocycles. The number of para-hydroxylation sites is 2. The molecule has 2 heterocycles. The molecule has 10 heteroatoms. The van der Waals surface area contributed by atoms with Crippen LogP contribution in [0.25, 0.3) is 0 Å². The molecular weight excluding hydrogens is 408 g/mol. The molecule has 0 atom stereocenters. The first-order chi connectivity index (χ1) is 14.4. The van der Waals surface area contributed by atoms with Crippen LogP contribution in [0.5, 0.6) is 5.75 Å². The summed E-state index contributed by atoms with van der Waals surface area (Å²) in [6.45, 7) is 0.246. The SMILES string of the molecule is O=C(CN1C(=O)COc2ccccc21)Nc1cccc(S(=O)(=O)NC2=NCCC2)c1. The molecule has 2 N–H and O–H groups in total. The third-order valence-electron chi connectivity index (χ3n) is 4.66. The Bertz CT molecular complexity index is 1130. The van der Waals surface area contributed by atoms with Crippen LogP contribution in [0.3, 0.4) is 0 Å². The third kappa shape index (κ3) is 4.28. The van der Waals surface area contributed by atoms with E-state index in [1.165, 1.54) is 23.1 Å². The average Bonchev–Trinajstić information content (AvgIpc) is 3.23. The van der Waals surface area contributed by atoms with Crippen LogP contribution >= 0.6 is 0 Å². The largest absolute Gasteiger partial charge is 0.482 e. The van der Waals surface area contributed by atoms with E-state index in [0.29, 0.717) is 35.9 Å². The number of nitrogens with zero attached hydrogens (tertiary/aromatic N) is 2. The van der Waals surface area contributed by atoms with Crippen LogP contribution in [-0.4, -0.2) is 45.8 Å². The van der Waals surface area contributed by atoms with Crippen molar-refractivity contribution >= 4 is 39.0 Å². The number of rotatable bonds is 5. The van der Waals surface area contributed by atoms with Crippen molar-refractivity contribution in [1.29, 1.82) is 0 Å². The van der Waals surface area contributed by atoms with Crippen molar-refractivity contribution in [2.45, 2.75) is 17.7 Å². The maximum Gasteiger partial charge on any atom is 0.265 e. The number of ether oxygens (including phenoxy) is 1. The second-order valence-electron chi connectivity index (χ2n) is 6.85. The third-order valence-corrected chi connectivity index (χ3v) is 6.04. The minimum atomic E-state index is -3.79. The Hall–Kier alpha value is -3.40. The number of amides is 2. The molecule has 2 aromatic rings. The van der Waals surface area contributed by atoms with E-state index in [1.807, 2.05) is 0 Å². The molecule has 30 heavy (non-hydrogen) atoms. The Morgan fingerprint density at radius 3 is 2.80 bits per heavy atom. The predicted octanol–water partition coefficient (Wildman–Crippen LogP) is 1.52. The van der Waals surface area contributed by atoms with Crippen LogP contribution in [0.1, 0.15) is 12.8 Å². The van der Waals surface area contributed by atoms with Gasteiger partial charge in [-0.1, -0.05) is 18.2 Å². The van der Waals surface area contributed by atoms with Gasteiger partial charge in [-0.05, 0) is 36.8 Å². The Morgan fingerprint density at radius 2 is 2.00 bits per heavy atom. The second kappa shape index (κ2) is 8.15. The molecular formula is C20H20N4O5S. The van der Waals surface area contributed by atoms with Gasteiger partial charge in [-0.15, -0.1) is 0 Å². The van der Waals surface area contributed by atoms with E-state index in [0.717, 1.165) is 6.42 Å². The van der Waals surface area contributed by atoms with Gasteiger partial charge in [-0.3, -0.25) is 24.2 Å². The lowest BCUT2D eigenvalue weighted by Gasteiger charge is -2.28. The fraction of sp³-hybridized carbons (Fsp3) is 0.250. The molecule has 0 saturated carbocycles. The number of hydrogen-bond donors (Lipinski definition) is 2. The van der Waals surface area contributed by atoms with Gasteiger partial charge in [-0.25, -0.2) is 8.42 Å². The molecule has 156 valence electrons. The number of nitrogens with one attached hydrogen (secondary N) is 2. The molecule has 9 nitrogen and oxygen atoms in total. The zero-order valence-electron chi connectivity index (χ0n) is 16.0. The van der Waals surface area contributed by atoms with Crippen molar-refractivity contribution in [2.75, 3.05) is 29.9 Å². The Morgan fingerprint density at radius 1 is 1.17 bits per heavy atom. The second-order valence-corrected chi connectivity index (χ2v) is 8.53. The summed E-state index contributed by atoms with van der Waals surface area (Å²) in [6.07, 6.45) is 1.40. The van der Waals surface area contributed by atoms with Gasteiger partial charge in [0, 0.05) is 18.7 Å². The lowest BCUT2D eigenvalue weighted by atomic mass is 10.2. The molecule has 0 saturated heterocycles. The quantitative estimate of drug-likeness (QED) is 0.749.